The van der Waals surface area contributed by atoms with Crippen LogP contribution in [0.5, 0.6) is 0 Å². The summed E-state index contributed by atoms with van der Waals surface area (Å²) in [7, 11) is 0. The highest BCUT2D eigenvalue weighted by atomic mass is 32.1. The van der Waals surface area contributed by atoms with Crippen LogP contribution < -0.4 is 10.2 Å². The second-order valence-electron chi connectivity index (χ2n) is 7.41. The second kappa shape index (κ2) is 6.67. The highest BCUT2D eigenvalue weighted by Crippen LogP contribution is 2.38. The van der Waals surface area contributed by atoms with Crippen molar-refractivity contribution in [3.8, 4) is 11.3 Å². The molecule has 5 nitrogen and oxygen atoms in total. The van der Waals surface area contributed by atoms with Gasteiger partial charge >= 0.3 is 0 Å². The van der Waals surface area contributed by atoms with Crippen molar-refractivity contribution in [2.45, 2.75) is 38.2 Å². The highest BCUT2D eigenvalue weighted by molar-refractivity contribution is 7.14. The Morgan fingerprint density at radius 3 is 3.08 bits per heavy atom. The van der Waals surface area contributed by atoms with E-state index in [0.29, 0.717) is 12.0 Å². The van der Waals surface area contributed by atoms with Gasteiger partial charge in [-0.3, -0.25) is 4.79 Å². The molecule has 26 heavy (non-hydrogen) atoms. The molecule has 5 rings (SSSR count). The zero-order valence-corrected chi connectivity index (χ0v) is 15.6. The summed E-state index contributed by atoms with van der Waals surface area (Å²) in [6.45, 7) is 2.53. The van der Waals surface area contributed by atoms with Crippen LogP contribution >= 0.6 is 11.3 Å². The molecule has 6 heteroatoms. The predicted octanol–water partition coefficient (Wildman–Crippen LogP) is 3.70. The summed E-state index contributed by atoms with van der Waals surface area (Å²) in [6.07, 6.45) is 5.66. The van der Waals surface area contributed by atoms with Crippen LogP contribution in [-0.4, -0.2) is 36.7 Å². The lowest BCUT2D eigenvalue weighted by Crippen LogP contribution is -2.30. The van der Waals surface area contributed by atoms with Gasteiger partial charge in [0.25, 0.3) is 0 Å². The van der Waals surface area contributed by atoms with Crippen molar-refractivity contribution in [1.82, 2.24) is 4.98 Å². The first-order chi connectivity index (χ1) is 12.8. The number of anilines is 2. The fourth-order valence-corrected chi connectivity index (χ4v) is 4.56. The fraction of sp³-hybridized carbons (Fsp3) is 0.500. The molecule has 0 unspecified atom stereocenters. The molecule has 0 radical (unpaired) electrons. The molecule has 1 saturated heterocycles. The van der Waals surface area contributed by atoms with Crippen molar-refractivity contribution in [2.75, 3.05) is 29.9 Å². The van der Waals surface area contributed by atoms with Gasteiger partial charge in [0.05, 0.1) is 11.8 Å². The van der Waals surface area contributed by atoms with Crippen molar-refractivity contribution in [3.63, 3.8) is 0 Å². The molecule has 2 fully saturated rings. The maximum absolute atomic E-state index is 12.4. The molecule has 1 aromatic heterocycles. The number of benzene rings is 1. The minimum absolute atomic E-state index is 0.275. The molecule has 1 atom stereocenters. The number of hydrogen-bond donors (Lipinski definition) is 1. The summed E-state index contributed by atoms with van der Waals surface area (Å²) in [5.74, 6) is 0.586. The molecule has 3 aliphatic rings. The predicted molar refractivity (Wildman–Crippen MR) is 104 cm³/mol. The Morgan fingerprint density at radius 2 is 2.27 bits per heavy atom. The number of ether oxygens (including phenoxy) is 1. The van der Waals surface area contributed by atoms with Crippen LogP contribution in [0.25, 0.3) is 11.3 Å². The van der Waals surface area contributed by atoms with Gasteiger partial charge in [-0.1, -0.05) is 6.07 Å². The number of aromatic nitrogens is 1. The Morgan fingerprint density at radius 1 is 1.35 bits per heavy atom. The number of nitrogens with zero attached hydrogens (tertiary/aromatic N) is 2. The van der Waals surface area contributed by atoms with Crippen LogP contribution in [0.15, 0.2) is 23.6 Å². The van der Waals surface area contributed by atoms with Crippen LogP contribution in [0.2, 0.25) is 0 Å². The fourth-order valence-electron chi connectivity index (χ4n) is 3.83. The van der Waals surface area contributed by atoms with Crippen LogP contribution in [0.1, 0.15) is 31.2 Å². The first-order valence-electron chi connectivity index (χ1n) is 9.53. The molecule has 2 aliphatic heterocycles. The van der Waals surface area contributed by atoms with E-state index in [1.54, 1.807) is 11.3 Å². The molecular weight excluding hydrogens is 346 g/mol. The van der Waals surface area contributed by atoms with Crippen molar-refractivity contribution in [2.24, 2.45) is 5.92 Å². The van der Waals surface area contributed by atoms with E-state index in [-0.39, 0.29) is 5.92 Å². The lowest BCUT2D eigenvalue weighted by molar-refractivity contribution is -0.119. The lowest BCUT2D eigenvalue weighted by Gasteiger charge is -2.17. The largest absolute Gasteiger partial charge is 0.376 e. The van der Waals surface area contributed by atoms with Gasteiger partial charge in [0.15, 0.2) is 5.13 Å². The number of thiazole rings is 1. The molecule has 3 heterocycles. The van der Waals surface area contributed by atoms with Gasteiger partial charge < -0.3 is 15.0 Å². The first-order valence-corrected chi connectivity index (χ1v) is 10.4. The topological polar surface area (TPSA) is 54.5 Å². The molecule has 1 amide bonds. The Kier molecular flexibility index (Phi) is 4.17. The third-order valence-corrected chi connectivity index (χ3v) is 6.27. The average Bonchev–Trinajstić information content (AvgIpc) is 3.06. The standard InChI is InChI=1S/C20H23N3O2S/c24-19(13-3-4-13)23-8-7-15-10-14(5-6-18(15)23)17-12-26-20(22-17)21-11-16-2-1-9-25-16/h5-6,10,12-13,16H,1-4,7-9,11H2,(H,21,22)/t16-/m0/s1. The number of nitrogens with one attached hydrogen (secondary N) is 1. The normalized spacial score (nSPS) is 21.8. The van der Waals surface area contributed by atoms with Crippen molar-refractivity contribution < 1.29 is 9.53 Å². The molecular formula is C20H23N3O2S. The van der Waals surface area contributed by atoms with Crippen LogP contribution in [0.4, 0.5) is 10.8 Å². The Bertz CT molecular complexity index is 824. The average molecular weight is 369 g/mol. The molecule has 2 aromatic rings. The smallest absolute Gasteiger partial charge is 0.230 e. The van der Waals surface area contributed by atoms with Gasteiger partial charge in [0, 0.05) is 42.2 Å². The third kappa shape index (κ3) is 3.12. The summed E-state index contributed by atoms with van der Waals surface area (Å²) >= 11 is 1.64. The van der Waals surface area contributed by atoms with Gasteiger partial charge in [-0.15, -0.1) is 11.3 Å². The van der Waals surface area contributed by atoms with Crippen molar-refractivity contribution in [1.29, 1.82) is 0 Å². The van der Waals surface area contributed by atoms with E-state index in [2.05, 4.69) is 28.9 Å². The Labute approximate surface area is 157 Å². The number of amides is 1. The van der Waals surface area contributed by atoms with E-state index in [1.165, 1.54) is 5.56 Å². The van der Waals surface area contributed by atoms with Crippen LogP contribution in [0.3, 0.4) is 0 Å². The maximum Gasteiger partial charge on any atom is 0.230 e. The van der Waals surface area contributed by atoms with Crippen LogP contribution in [0, 0.1) is 5.92 Å². The number of carbonyl (C=O) groups excluding carboxylic acids is 1. The van der Waals surface area contributed by atoms with Crippen LogP contribution in [-0.2, 0) is 16.0 Å². The second-order valence-corrected chi connectivity index (χ2v) is 8.27. The number of fused-ring (bicyclic) bond motifs is 1. The first kappa shape index (κ1) is 16.3. The zero-order chi connectivity index (χ0) is 17.5. The number of rotatable bonds is 5. The van der Waals surface area contributed by atoms with Gasteiger partial charge in [0.1, 0.15) is 0 Å². The summed E-state index contributed by atoms with van der Waals surface area (Å²) in [4.78, 5) is 19.1. The lowest BCUT2D eigenvalue weighted by atomic mass is 10.1. The van der Waals surface area contributed by atoms with E-state index < -0.39 is 0 Å². The van der Waals surface area contributed by atoms with E-state index >= 15 is 0 Å². The molecule has 136 valence electrons. The summed E-state index contributed by atoms with van der Waals surface area (Å²) < 4.78 is 5.65. The third-order valence-electron chi connectivity index (χ3n) is 5.47. The Balaban J connectivity index is 1.29. The monoisotopic (exact) mass is 369 g/mol. The SMILES string of the molecule is O=C(C1CC1)N1CCc2cc(-c3csc(NC[C@@H]4CCCO4)n3)ccc21. The highest BCUT2D eigenvalue weighted by Gasteiger charge is 2.36. The minimum atomic E-state index is 0.275. The van der Waals surface area contributed by atoms with Gasteiger partial charge in [-0.2, -0.15) is 0 Å². The van der Waals surface area contributed by atoms with Gasteiger partial charge in [0.2, 0.25) is 5.91 Å². The van der Waals surface area contributed by atoms with Crippen molar-refractivity contribution in [3.05, 3.63) is 29.1 Å². The number of carbonyl (C=O) groups is 1. The summed E-state index contributed by atoms with van der Waals surface area (Å²) in [5, 5.41) is 6.44. The molecule has 1 N–H and O–H groups in total. The van der Waals surface area contributed by atoms with E-state index in [9.17, 15) is 4.79 Å². The molecule has 1 aliphatic carbocycles. The van der Waals surface area contributed by atoms with Crippen molar-refractivity contribution >= 4 is 28.1 Å². The molecule has 0 spiro atoms. The molecule has 1 saturated carbocycles. The van der Waals surface area contributed by atoms with E-state index in [1.807, 2.05) is 4.90 Å². The summed E-state index contributed by atoms with van der Waals surface area (Å²) in [5.41, 5.74) is 4.49. The maximum atomic E-state index is 12.4. The minimum Gasteiger partial charge on any atom is -0.376 e. The number of hydrogen-bond acceptors (Lipinski definition) is 5. The quantitative estimate of drug-likeness (QED) is 0.873. The molecule has 1 aromatic carbocycles. The van der Waals surface area contributed by atoms with Gasteiger partial charge in [-0.05, 0) is 49.8 Å². The molecule has 0 bridgehead atoms. The van der Waals surface area contributed by atoms with E-state index in [0.717, 1.165) is 73.9 Å². The van der Waals surface area contributed by atoms with E-state index in [4.69, 9.17) is 9.72 Å². The zero-order valence-electron chi connectivity index (χ0n) is 14.7. The Hall–Kier alpha value is -1.92. The summed E-state index contributed by atoms with van der Waals surface area (Å²) in [6, 6.07) is 6.39. The van der Waals surface area contributed by atoms with Gasteiger partial charge in [-0.25, -0.2) is 4.98 Å².